The fraction of sp³-hybridized carbons (Fsp3) is 0. The van der Waals surface area contributed by atoms with Crippen LogP contribution in [0.15, 0.2) is 127 Å². The first-order chi connectivity index (χ1) is 23.1. The van der Waals surface area contributed by atoms with Crippen LogP contribution in [0, 0.1) is 22.7 Å². The van der Waals surface area contributed by atoms with Crippen molar-refractivity contribution in [2.45, 2.75) is 0 Å². The normalized spacial score (nSPS) is 12.7. The standard InChI is InChI=1S/C40H21N5O2/c41-22-24-13-16-26(17-14-24)43-34-11-5-3-7-28(34)32-20-33-29-8-4-6-12-35(29)44(38(33)21-37(32)43)27-18-15-25(23-42)36(19-27)45-39(46)30-9-1-2-10-31(30)40(45)47/h1-21H. The average molecular weight is 604 g/mol. The quantitative estimate of drug-likeness (QED) is 0.189. The molecule has 1 aliphatic rings. The molecule has 0 fully saturated rings. The number of carbonyl (C=O) groups is 2. The molecule has 0 N–H and O–H groups in total. The van der Waals surface area contributed by atoms with Crippen molar-refractivity contribution in [3.05, 3.63) is 150 Å². The van der Waals surface area contributed by atoms with E-state index in [1.807, 2.05) is 60.7 Å². The summed E-state index contributed by atoms with van der Waals surface area (Å²) in [5.74, 6) is -0.898. The van der Waals surface area contributed by atoms with Gasteiger partial charge in [-0.15, -0.1) is 0 Å². The Balaban J connectivity index is 1.34. The Morgan fingerprint density at radius 2 is 1.00 bits per heavy atom. The van der Waals surface area contributed by atoms with Crippen LogP contribution in [0.3, 0.4) is 0 Å². The Bertz CT molecular complexity index is 2720. The molecule has 47 heavy (non-hydrogen) atoms. The number of anilines is 1. The third-order valence-electron chi connectivity index (χ3n) is 9.12. The van der Waals surface area contributed by atoms with Crippen LogP contribution in [0.5, 0.6) is 0 Å². The third-order valence-corrected chi connectivity index (χ3v) is 9.12. The van der Waals surface area contributed by atoms with Crippen molar-refractivity contribution in [1.82, 2.24) is 9.13 Å². The van der Waals surface area contributed by atoms with Gasteiger partial charge >= 0.3 is 0 Å². The van der Waals surface area contributed by atoms with E-state index in [0.717, 1.165) is 54.2 Å². The highest BCUT2D eigenvalue weighted by Gasteiger charge is 2.37. The van der Waals surface area contributed by atoms with Crippen molar-refractivity contribution in [1.29, 1.82) is 10.5 Å². The SMILES string of the molecule is N#Cc1ccc(-n2c3ccccc3c3cc4c5ccccc5n(-c5ccc(C#N)c(N6C(=O)c7ccccc7C6=O)c5)c4cc32)cc1. The number of hydrogen-bond acceptors (Lipinski definition) is 4. The van der Waals surface area contributed by atoms with Crippen molar-refractivity contribution in [3.8, 4) is 23.5 Å². The van der Waals surface area contributed by atoms with E-state index in [2.05, 4.69) is 51.6 Å². The van der Waals surface area contributed by atoms with Crippen molar-refractivity contribution in [3.63, 3.8) is 0 Å². The van der Waals surface area contributed by atoms with Crippen molar-refractivity contribution in [2.24, 2.45) is 0 Å². The molecule has 9 rings (SSSR count). The highest BCUT2D eigenvalue weighted by molar-refractivity contribution is 6.34. The van der Waals surface area contributed by atoms with Gasteiger partial charge in [-0.1, -0.05) is 48.5 Å². The molecule has 8 aromatic rings. The van der Waals surface area contributed by atoms with Crippen LogP contribution in [0.1, 0.15) is 31.8 Å². The summed E-state index contributed by atoms with van der Waals surface area (Å²) in [6.07, 6.45) is 0. The van der Waals surface area contributed by atoms with Crippen LogP contribution >= 0.6 is 0 Å². The highest BCUT2D eigenvalue weighted by atomic mass is 16.2. The van der Waals surface area contributed by atoms with Gasteiger partial charge in [0.25, 0.3) is 11.8 Å². The number of rotatable bonds is 3. The van der Waals surface area contributed by atoms with E-state index in [1.54, 1.807) is 36.4 Å². The first kappa shape index (κ1) is 26.4. The lowest BCUT2D eigenvalue weighted by Crippen LogP contribution is -2.30. The van der Waals surface area contributed by atoms with Gasteiger partial charge in [0.15, 0.2) is 0 Å². The lowest BCUT2D eigenvalue weighted by Gasteiger charge is -2.18. The summed E-state index contributed by atoms with van der Waals surface area (Å²) in [7, 11) is 0. The number of para-hydroxylation sites is 2. The second-order valence-corrected chi connectivity index (χ2v) is 11.6. The van der Waals surface area contributed by atoms with Crippen LogP contribution in [0.25, 0.3) is 55.0 Å². The largest absolute Gasteiger partial charge is 0.309 e. The second kappa shape index (κ2) is 9.77. The van der Waals surface area contributed by atoms with Crippen LogP contribution in [0.4, 0.5) is 5.69 Å². The van der Waals surface area contributed by atoms with Crippen molar-refractivity contribution >= 4 is 61.1 Å². The molecule has 0 saturated carbocycles. The molecule has 0 bridgehead atoms. The van der Waals surface area contributed by atoms with Crippen LogP contribution < -0.4 is 4.90 Å². The molecule has 7 nitrogen and oxygen atoms in total. The number of fused-ring (bicyclic) bond motifs is 7. The number of benzene rings is 6. The Kier molecular flexibility index (Phi) is 5.50. The molecule has 0 aliphatic carbocycles. The smallest absolute Gasteiger partial charge is 0.266 e. The van der Waals surface area contributed by atoms with Gasteiger partial charge in [-0.05, 0) is 78.9 Å². The van der Waals surface area contributed by atoms with E-state index in [1.165, 1.54) is 0 Å². The predicted octanol–water partition coefficient (Wildman–Crippen LogP) is 8.42. The Morgan fingerprint density at radius 1 is 0.468 bits per heavy atom. The van der Waals surface area contributed by atoms with Gasteiger partial charge in [-0.2, -0.15) is 10.5 Å². The summed E-state index contributed by atoms with van der Waals surface area (Å²) in [6, 6.07) is 44.8. The van der Waals surface area contributed by atoms with Gasteiger partial charge in [0.1, 0.15) is 6.07 Å². The number of carbonyl (C=O) groups excluding carboxylic acids is 2. The van der Waals surface area contributed by atoms with Gasteiger partial charge in [0.05, 0.1) is 56.1 Å². The minimum Gasteiger partial charge on any atom is -0.309 e. The van der Waals surface area contributed by atoms with Crippen LogP contribution in [-0.2, 0) is 0 Å². The summed E-state index contributed by atoms with van der Waals surface area (Å²) >= 11 is 0. The molecule has 3 heterocycles. The number of hydrogen-bond donors (Lipinski definition) is 0. The predicted molar refractivity (Wildman–Crippen MR) is 182 cm³/mol. The second-order valence-electron chi connectivity index (χ2n) is 11.6. The highest BCUT2D eigenvalue weighted by Crippen LogP contribution is 2.40. The van der Waals surface area contributed by atoms with Crippen LogP contribution in [-0.4, -0.2) is 20.9 Å². The fourth-order valence-corrected chi connectivity index (χ4v) is 7.02. The maximum absolute atomic E-state index is 13.5. The van der Waals surface area contributed by atoms with Gasteiger partial charge < -0.3 is 9.13 Å². The molecule has 0 saturated heterocycles. The fourth-order valence-electron chi connectivity index (χ4n) is 7.02. The van der Waals surface area contributed by atoms with E-state index in [0.29, 0.717) is 22.4 Å². The van der Waals surface area contributed by atoms with Gasteiger partial charge in [-0.25, -0.2) is 4.90 Å². The monoisotopic (exact) mass is 603 g/mol. The maximum atomic E-state index is 13.5. The maximum Gasteiger partial charge on any atom is 0.266 e. The molecule has 7 heteroatoms. The van der Waals surface area contributed by atoms with Crippen molar-refractivity contribution < 1.29 is 9.59 Å². The summed E-state index contributed by atoms with van der Waals surface area (Å²) in [6.45, 7) is 0. The third kappa shape index (κ3) is 3.66. The van der Waals surface area contributed by atoms with E-state index < -0.39 is 11.8 Å². The molecule has 0 unspecified atom stereocenters. The molecular formula is C40H21N5O2. The molecule has 218 valence electrons. The van der Waals surface area contributed by atoms with E-state index in [-0.39, 0.29) is 11.3 Å². The zero-order valence-corrected chi connectivity index (χ0v) is 24.7. The summed E-state index contributed by atoms with van der Waals surface area (Å²) < 4.78 is 4.32. The lowest BCUT2D eigenvalue weighted by atomic mass is 10.1. The van der Waals surface area contributed by atoms with E-state index in [9.17, 15) is 20.1 Å². The molecule has 6 aromatic carbocycles. The molecular weight excluding hydrogens is 582 g/mol. The van der Waals surface area contributed by atoms with Crippen molar-refractivity contribution in [2.75, 3.05) is 4.90 Å². The summed E-state index contributed by atoms with van der Waals surface area (Å²) in [5, 5.41) is 23.8. The zero-order chi connectivity index (χ0) is 31.8. The molecule has 0 spiro atoms. The molecule has 2 aromatic heterocycles. The summed E-state index contributed by atoms with van der Waals surface area (Å²) in [5.41, 5.74) is 7.25. The lowest BCUT2D eigenvalue weighted by molar-refractivity contribution is 0.0926. The first-order valence-electron chi connectivity index (χ1n) is 15.1. The van der Waals surface area contributed by atoms with E-state index in [4.69, 9.17) is 0 Å². The van der Waals surface area contributed by atoms with Gasteiger partial charge in [-0.3, -0.25) is 9.59 Å². The zero-order valence-electron chi connectivity index (χ0n) is 24.7. The number of nitriles is 2. The molecule has 1 aliphatic heterocycles. The van der Waals surface area contributed by atoms with Gasteiger partial charge in [0, 0.05) is 32.9 Å². The molecule has 0 radical (unpaired) electrons. The minimum absolute atomic E-state index is 0.229. The number of imide groups is 1. The van der Waals surface area contributed by atoms with E-state index >= 15 is 0 Å². The van der Waals surface area contributed by atoms with Gasteiger partial charge in [0.2, 0.25) is 0 Å². The Hall–Kier alpha value is -6.96. The minimum atomic E-state index is -0.449. The number of amides is 2. The molecule has 0 atom stereocenters. The summed E-state index contributed by atoms with van der Waals surface area (Å²) in [4.78, 5) is 28.1. The van der Waals surface area contributed by atoms with Crippen LogP contribution in [0.2, 0.25) is 0 Å². The number of aromatic nitrogens is 2. The average Bonchev–Trinajstić information content (AvgIpc) is 3.71. The Labute approximate surface area is 267 Å². The first-order valence-corrected chi connectivity index (χ1v) is 15.1. The molecule has 2 amide bonds. The Morgan fingerprint density at radius 3 is 1.57 bits per heavy atom. The number of nitrogens with zero attached hydrogens (tertiary/aromatic N) is 5. The topological polar surface area (TPSA) is 94.8 Å².